The highest BCUT2D eigenvalue weighted by atomic mass is 19.1. The molecule has 0 aliphatic heterocycles. The quantitative estimate of drug-likeness (QED) is 0.758. The molecule has 0 amide bonds. The minimum absolute atomic E-state index is 0.0688. The summed E-state index contributed by atoms with van der Waals surface area (Å²) < 4.78 is 17.8. The van der Waals surface area contributed by atoms with Crippen LogP contribution in [0.1, 0.15) is 5.56 Å². The van der Waals surface area contributed by atoms with Crippen molar-refractivity contribution in [2.24, 2.45) is 0 Å². The van der Waals surface area contributed by atoms with Crippen LogP contribution in [-0.2, 0) is 11.2 Å². The maximum Gasteiger partial charge on any atom is 0.307 e. The molecule has 70 valence electrons. The van der Waals surface area contributed by atoms with Crippen LogP contribution in [0.3, 0.4) is 0 Å². The van der Waals surface area contributed by atoms with Crippen molar-refractivity contribution in [3.63, 3.8) is 0 Å². The summed E-state index contributed by atoms with van der Waals surface area (Å²) in [7, 11) is 1.27. The van der Waals surface area contributed by atoms with E-state index < -0.39 is 11.8 Å². The van der Waals surface area contributed by atoms with E-state index in [0.717, 1.165) is 0 Å². The molecule has 4 nitrogen and oxygen atoms in total. The molecular formula is C8H8FNO3. The van der Waals surface area contributed by atoms with E-state index in [-0.39, 0.29) is 17.9 Å². The molecule has 5 heteroatoms. The van der Waals surface area contributed by atoms with Crippen molar-refractivity contribution in [2.45, 2.75) is 6.42 Å². The van der Waals surface area contributed by atoms with Gasteiger partial charge in [0, 0.05) is 11.8 Å². The summed E-state index contributed by atoms with van der Waals surface area (Å²) >= 11 is 0. The number of carboxylic acids is 1. The predicted molar refractivity (Wildman–Crippen MR) is 42.1 cm³/mol. The largest absolute Gasteiger partial charge is 0.481 e. The van der Waals surface area contributed by atoms with Gasteiger partial charge in [-0.25, -0.2) is 9.37 Å². The first-order chi connectivity index (χ1) is 6.15. The van der Waals surface area contributed by atoms with E-state index in [4.69, 9.17) is 5.11 Å². The molecule has 0 unspecified atom stereocenters. The summed E-state index contributed by atoms with van der Waals surface area (Å²) in [6.07, 6.45) is 0.935. The first-order valence-electron chi connectivity index (χ1n) is 3.54. The fourth-order valence-electron chi connectivity index (χ4n) is 0.904. The number of ether oxygens (including phenoxy) is 1. The Balaban J connectivity index is 3.01. The molecule has 13 heavy (non-hydrogen) atoms. The second-order valence-corrected chi connectivity index (χ2v) is 2.36. The molecule has 0 atom stereocenters. The van der Waals surface area contributed by atoms with Crippen molar-refractivity contribution in [1.82, 2.24) is 4.98 Å². The Labute approximate surface area is 74.0 Å². The van der Waals surface area contributed by atoms with E-state index in [0.29, 0.717) is 0 Å². The number of carbonyl (C=O) groups is 1. The van der Waals surface area contributed by atoms with Crippen molar-refractivity contribution in [3.05, 3.63) is 23.6 Å². The van der Waals surface area contributed by atoms with E-state index in [1.165, 1.54) is 19.4 Å². The van der Waals surface area contributed by atoms with Gasteiger partial charge < -0.3 is 9.84 Å². The van der Waals surface area contributed by atoms with Crippen LogP contribution in [0.2, 0.25) is 0 Å². The van der Waals surface area contributed by atoms with Gasteiger partial charge in [-0.2, -0.15) is 0 Å². The molecule has 0 fully saturated rings. The number of halogens is 1. The maximum atomic E-state index is 13.2. The molecule has 0 bridgehead atoms. The number of nitrogens with zero attached hydrogens (tertiary/aromatic N) is 1. The van der Waals surface area contributed by atoms with E-state index >= 15 is 0 Å². The molecule has 0 saturated heterocycles. The fourth-order valence-corrected chi connectivity index (χ4v) is 0.904. The summed E-state index contributed by atoms with van der Waals surface area (Å²) in [6, 6.07) is 1.31. The molecule has 1 heterocycles. The van der Waals surface area contributed by atoms with Crippen LogP contribution < -0.4 is 4.74 Å². The van der Waals surface area contributed by atoms with E-state index in [2.05, 4.69) is 9.72 Å². The molecule has 1 aromatic rings. The number of hydrogen-bond donors (Lipinski definition) is 1. The van der Waals surface area contributed by atoms with Crippen molar-refractivity contribution in [2.75, 3.05) is 7.11 Å². The Kier molecular flexibility index (Phi) is 2.79. The number of pyridine rings is 1. The summed E-state index contributed by atoms with van der Waals surface area (Å²) in [5.41, 5.74) is 0.0688. The van der Waals surface area contributed by atoms with Crippen LogP contribution in [-0.4, -0.2) is 23.2 Å². The van der Waals surface area contributed by atoms with Gasteiger partial charge in [0.1, 0.15) is 0 Å². The third-order valence-corrected chi connectivity index (χ3v) is 1.47. The van der Waals surface area contributed by atoms with Gasteiger partial charge in [-0.3, -0.25) is 4.79 Å². The molecule has 0 spiro atoms. The number of carboxylic acid groups (broad SMARTS) is 1. The Bertz CT molecular complexity index is 327. The van der Waals surface area contributed by atoms with Gasteiger partial charge in [-0.1, -0.05) is 0 Å². The molecule has 1 rings (SSSR count). The molecule has 1 aromatic heterocycles. The average molecular weight is 185 g/mol. The third-order valence-electron chi connectivity index (χ3n) is 1.47. The zero-order valence-corrected chi connectivity index (χ0v) is 6.95. The zero-order chi connectivity index (χ0) is 9.84. The van der Waals surface area contributed by atoms with Crippen LogP contribution in [0.25, 0.3) is 0 Å². The van der Waals surface area contributed by atoms with Crippen molar-refractivity contribution in [1.29, 1.82) is 0 Å². The highest BCUT2D eigenvalue weighted by molar-refractivity contribution is 5.70. The van der Waals surface area contributed by atoms with Gasteiger partial charge >= 0.3 is 5.97 Å². The lowest BCUT2D eigenvalue weighted by atomic mass is 10.2. The van der Waals surface area contributed by atoms with Crippen molar-refractivity contribution < 1.29 is 19.0 Å². The molecule has 0 aliphatic carbocycles. The number of aromatic nitrogens is 1. The zero-order valence-electron chi connectivity index (χ0n) is 6.95. The first kappa shape index (κ1) is 9.44. The van der Waals surface area contributed by atoms with Crippen LogP contribution in [0, 0.1) is 5.82 Å². The maximum absolute atomic E-state index is 13.2. The SMILES string of the molecule is COc1nccc(CC(=O)O)c1F. The number of rotatable bonds is 3. The normalized spacial score (nSPS) is 9.69. The van der Waals surface area contributed by atoms with Crippen LogP contribution in [0.4, 0.5) is 4.39 Å². The topological polar surface area (TPSA) is 59.4 Å². The van der Waals surface area contributed by atoms with E-state index in [1.54, 1.807) is 0 Å². The summed E-state index contributed by atoms with van der Waals surface area (Å²) in [4.78, 5) is 13.9. The molecule has 0 aromatic carbocycles. The van der Waals surface area contributed by atoms with Crippen LogP contribution in [0.5, 0.6) is 5.88 Å². The third kappa shape index (κ3) is 2.14. The Morgan fingerprint density at radius 2 is 2.46 bits per heavy atom. The van der Waals surface area contributed by atoms with Gasteiger partial charge in [-0.05, 0) is 6.07 Å². The van der Waals surface area contributed by atoms with Gasteiger partial charge in [0.05, 0.1) is 13.5 Å². The highest BCUT2D eigenvalue weighted by Crippen LogP contribution is 2.16. The summed E-state index contributed by atoms with van der Waals surface area (Å²) in [6.45, 7) is 0. The summed E-state index contributed by atoms with van der Waals surface area (Å²) in [5.74, 6) is -1.99. The lowest BCUT2D eigenvalue weighted by Crippen LogP contribution is -2.04. The number of methoxy groups -OCH3 is 1. The minimum Gasteiger partial charge on any atom is -0.481 e. The molecule has 1 N–H and O–H groups in total. The van der Waals surface area contributed by atoms with Gasteiger partial charge in [0.15, 0.2) is 5.82 Å². The minimum atomic E-state index is -1.09. The van der Waals surface area contributed by atoms with E-state index in [1.807, 2.05) is 0 Å². The van der Waals surface area contributed by atoms with Crippen molar-refractivity contribution >= 4 is 5.97 Å². The fraction of sp³-hybridized carbons (Fsp3) is 0.250. The lowest BCUT2D eigenvalue weighted by Gasteiger charge is -2.03. The smallest absolute Gasteiger partial charge is 0.307 e. The van der Waals surface area contributed by atoms with Gasteiger partial charge in [-0.15, -0.1) is 0 Å². The first-order valence-corrected chi connectivity index (χ1v) is 3.54. The Morgan fingerprint density at radius 3 is 3.00 bits per heavy atom. The lowest BCUT2D eigenvalue weighted by molar-refractivity contribution is -0.136. The van der Waals surface area contributed by atoms with Crippen LogP contribution >= 0.6 is 0 Å². The summed E-state index contributed by atoms with van der Waals surface area (Å²) in [5, 5.41) is 8.43. The van der Waals surface area contributed by atoms with E-state index in [9.17, 15) is 9.18 Å². The number of aliphatic carboxylic acids is 1. The standard InChI is InChI=1S/C8H8FNO3/c1-13-8-7(9)5(2-3-10-8)4-6(11)12/h2-3H,4H2,1H3,(H,11,12). The second-order valence-electron chi connectivity index (χ2n) is 2.36. The molecule has 0 radical (unpaired) electrons. The predicted octanol–water partition coefficient (Wildman–Crippen LogP) is 0.856. The van der Waals surface area contributed by atoms with Crippen molar-refractivity contribution in [3.8, 4) is 5.88 Å². The van der Waals surface area contributed by atoms with Crippen LogP contribution in [0.15, 0.2) is 12.3 Å². The molecule has 0 aliphatic rings. The average Bonchev–Trinajstić information content (AvgIpc) is 2.08. The Hall–Kier alpha value is -1.65. The molecule has 0 saturated carbocycles. The molecular weight excluding hydrogens is 177 g/mol. The highest BCUT2D eigenvalue weighted by Gasteiger charge is 2.11. The second kappa shape index (κ2) is 3.84. The van der Waals surface area contributed by atoms with Gasteiger partial charge in [0.25, 0.3) is 0 Å². The number of hydrogen-bond acceptors (Lipinski definition) is 3. The Morgan fingerprint density at radius 1 is 1.77 bits per heavy atom. The monoisotopic (exact) mass is 185 g/mol. The van der Waals surface area contributed by atoms with Gasteiger partial charge in [0.2, 0.25) is 5.88 Å².